The molecule has 0 rings (SSSR count). The third-order valence-corrected chi connectivity index (χ3v) is 4.37. The van der Waals surface area contributed by atoms with Crippen molar-refractivity contribution in [2.75, 3.05) is 12.5 Å². The molecule has 0 atom stereocenters. The Morgan fingerprint density at radius 1 is 0.826 bits per heavy atom. The molecule has 0 heterocycles. The van der Waals surface area contributed by atoms with Gasteiger partial charge in [-0.05, 0) is 50.6 Å². The van der Waals surface area contributed by atoms with Crippen LogP contribution in [-0.2, 0) is 43.9 Å². The van der Waals surface area contributed by atoms with E-state index in [1.54, 1.807) is 0 Å². The Balaban J connectivity index is -0.000000333. The van der Waals surface area contributed by atoms with Crippen LogP contribution >= 0.6 is 23.5 Å². The molecular formula is C14H28N4S4Zn. The third-order valence-electron chi connectivity index (χ3n) is 2.20. The summed E-state index contributed by atoms with van der Waals surface area (Å²) >= 11 is 11.1. The molecule has 0 fully saturated rings. The van der Waals surface area contributed by atoms with Crippen molar-refractivity contribution in [1.82, 2.24) is 0 Å². The molecule has 23 heavy (non-hydrogen) atoms. The van der Waals surface area contributed by atoms with E-state index in [-0.39, 0.29) is 19.5 Å². The molecular weight excluding hydrogens is 418 g/mol. The maximum Gasteiger partial charge on any atom is 0.174 e. The number of thiol groups is 2. The smallest absolute Gasteiger partial charge is 0.174 e. The van der Waals surface area contributed by atoms with Crippen molar-refractivity contribution >= 4 is 68.0 Å². The molecule has 0 N–H and O–H groups in total. The van der Waals surface area contributed by atoms with Crippen LogP contribution in [0.25, 0.3) is 10.9 Å². The van der Waals surface area contributed by atoms with Crippen LogP contribution in [0.3, 0.4) is 0 Å². The first kappa shape index (κ1) is 28.3. The number of rotatable bonds is 6. The topological polar surface area (TPSA) is 52.9 Å². The summed E-state index contributed by atoms with van der Waals surface area (Å²) in [6.45, 7) is 8.21. The minimum Gasteiger partial charge on any atom is -0.520 e. The largest absolute Gasteiger partial charge is 0.520 e. The van der Waals surface area contributed by atoms with Crippen molar-refractivity contribution in [3.8, 4) is 0 Å². The molecule has 0 saturated heterocycles. The van der Waals surface area contributed by atoms with E-state index >= 15 is 0 Å². The molecule has 0 radical (unpaired) electrons. The second-order valence-electron chi connectivity index (χ2n) is 4.34. The van der Waals surface area contributed by atoms with Gasteiger partial charge in [0.1, 0.15) is 0 Å². The van der Waals surface area contributed by atoms with E-state index in [9.17, 15) is 0 Å². The molecule has 0 saturated carbocycles. The van der Waals surface area contributed by atoms with Crippen LogP contribution in [0.1, 0.15) is 53.4 Å². The summed E-state index contributed by atoms with van der Waals surface area (Å²) in [7, 11) is 0. The van der Waals surface area contributed by atoms with Crippen molar-refractivity contribution < 1.29 is 19.5 Å². The molecule has 0 amide bonds. The molecule has 0 unspecified atom stereocenters. The van der Waals surface area contributed by atoms with Crippen LogP contribution < -0.4 is 0 Å². The minimum absolute atomic E-state index is 0. The quantitative estimate of drug-likeness (QED) is 0.150. The summed E-state index contributed by atoms with van der Waals surface area (Å²) in [6.07, 6.45) is 8.11. The Kier molecular flexibility index (Phi) is 25.2. The van der Waals surface area contributed by atoms with Crippen LogP contribution in [0.15, 0.2) is 10.2 Å². The minimum atomic E-state index is 0. The molecule has 0 aliphatic rings. The zero-order valence-corrected chi connectivity index (χ0v) is 21.4. The summed E-state index contributed by atoms with van der Waals surface area (Å²) in [5.41, 5.74) is 9.91. The van der Waals surface area contributed by atoms with E-state index in [1.165, 1.54) is 23.5 Å². The average Bonchev–Trinajstić information content (AvgIpc) is 2.51. The van der Waals surface area contributed by atoms with E-state index in [0.717, 1.165) is 37.1 Å². The molecule has 0 bridgehead atoms. The van der Waals surface area contributed by atoms with Gasteiger partial charge in [-0.3, -0.25) is 0 Å². The van der Waals surface area contributed by atoms with Crippen LogP contribution in [0.4, 0.5) is 0 Å². The van der Waals surface area contributed by atoms with Gasteiger partial charge in [0.05, 0.1) is 0 Å². The van der Waals surface area contributed by atoms with Crippen molar-refractivity contribution in [3.63, 3.8) is 0 Å². The zero-order valence-electron chi connectivity index (χ0n) is 15.0. The van der Waals surface area contributed by atoms with E-state index in [1.807, 2.05) is 26.4 Å². The molecule has 0 aliphatic heterocycles. The third kappa shape index (κ3) is 22.4. The van der Waals surface area contributed by atoms with Crippen molar-refractivity contribution in [2.24, 2.45) is 10.2 Å². The van der Waals surface area contributed by atoms with Gasteiger partial charge in [-0.2, -0.15) is 0 Å². The molecule has 0 aliphatic carbocycles. The number of hydrogen-bond acceptors (Lipinski definition) is 4. The van der Waals surface area contributed by atoms with Crippen molar-refractivity contribution in [1.29, 1.82) is 0 Å². The van der Waals surface area contributed by atoms with Crippen molar-refractivity contribution in [3.05, 3.63) is 10.9 Å². The zero-order chi connectivity index (χ0) is 17.4. The van der Waals surface area contributed by atoms with Gasteiger partial charge in [0.15, 0.2) is 33.1 Å². The first-order valence-electron chi connectivity index (χ1n) is 7.09. The fourth-order valence-corrected chi connectivity index (χ4v) is 1.50. The van der Waals surface area contributed by atoms with Crippen LogP contribution in [0.2, 0.25) is 0 Å². The maximum atomic E-state index is 4.08. The molecule has 0 spiro atoms. The fraction of sp³-hybridized carbons (Fsp3) is 0.714. The van der Waals surface area contributed by atoms with E-state index in [4.69, 9.17) is 0 Å². The normalized spacial score (nSPS) is 10.9. The molecule has 0 aromatic carbocycles. The predicted molar refractivity (Wildman–Crippen MR) is 117 cm³/mol. The second kappa shape index (κ2) is 20.5. The van der Waals surface area contributed by atoms with E-state index in [2.05, 4.69) is 59.3 Å². The van der Waals surface area contributed by atoms with Gasteiger partial charge >= 0.3 is 0 Å². The Labute approximate surface area is 173 Å². The Morgan fingerprint density at radius 3 is 1.35 bits per heavy atom. The summed E-state index contributed by atoms with van der Waals surface area (Å²) < 4.78 is 1.42. The molecule has 0 aromatic rings. The van der Waals surface area contributed by atoms with Gasteiger partial charge in [-0.25, -0.2) is 0 Å². The summed E-state index contributed by atoms with van der Waals surface area (Å²) in [6, 6.07) is 0. The van der Waals surface area contributed by atoms with Crippen LogP contribution in [0, 0.1) is 0 Å². The van der Waals surface area contributed by atoms with E-state index < -0.39 is 0 Å². The van der Waals surface area contributed by atoms with Gasteiger partial charge in [-0.1, -0.05) is 50.2 Å². The van der Waals surface area contributed by atoms with Gasteiger partial charge in [0.25, 0.3) is 0 Å². The van der Waals surface area contributed by atoms with Crippen LogP contribution in [-0.4, -0.2) is 32.6 Å². The molecule has 9 heteroatoms. The number of hydrogen-bond donors (Lipinski definition) is 0. The first-order valence-corrected chi connectivity index (χ1v) is 10.4. The summed E-state index contributed by atoms with van der Waals surface area (Å²) in [4.78, 5) is 0. The monoisotopic (exact) mass is 444 g/mol. The molecule has 130 valence electrons. The summed E-state index contributed by atoms with van der Waals surface area (Å²) in [5.74, 6) is 0. The number of nitrogens with zero attached hydrogens (tertiary/aromatic N) is 4. The average molecular weight is 446 g/mol. The maximum absolute atomic E-state index is 4.08. The van der Waals surface area contributed by atoms with Gasteiger partial charge in [0, 0.05) is 19.5 Å². The SMILES string of the molecule is CCCC(C)=N[N-]C(=[SH+])SC.CCCC(C)=N[N-]C(=[SH+])SC.[Zn]. The first-order chi connectivity index (χ1) is 10.4. The fourth-order valence-electron chi connectivity index (χ4n) is 1.16. The standard InChI is InChI=1S/2C7H14N2S2.Zn/c2*1-4-5-6(2)8-9-7(10)11-3;/h2*4-5H2,1-3H3,(H,9,10);. The van der Waals surface area contributed by atoms with Gasteiger partial charge in [0.2, 0.25) is 0 Å². The Morgan fingerprint density at radius 2 is 1.13 bits per heavy atom. The molecule has 4 nitrogen and oxygen atoms in total. The second-order valence-corrected chi connectivity index (χ2v) is 7.39. The number of thioether (sulfide) groups is 2. The Hall–Kier alpha value is 0.443. The van der Waals surface area contributed by atoms with E-state index in [0.29, 0.717) is 8.64 Å². The van der Waals surface area contributed by atoms with Gasteiger partial charge in [-0.15, -0.1) is 0 Å². The van der Waals surface area contributed by atoms with Gasteiger partial charge < -0.3 is 21.1 Å². The van der Waals surface area contributed by atoms with Crippen molar-refractivity contribution in [2.45, 2.75) is 53.4 Å². The molecule has 0 aromatic heterocycles. The Bertz CT molecular complexity index is 351. The predicted octanol–water partition coefficient (Wildman–Crippen LogP) is 4.53. The van der Waals surface area contributed by atoms with Crippen LogP contribution in [0.5, 0.6) is 0 Å². The summed E-state index contributed by atoms with van der Waals surface area (Å²) in [5, 5.41) is 7.98.